The summed E-state index contributed by atoms with van der Waals surface area (Å²) in [5.74, 6) is 2.14. The third-order valence-electron chi connectivity index (χ3n) is 5.19. The zero-order valence-electron chi connectivity index (χ0n) is 15.3. The molecule has 2 fully saturated rings. The van der Waals surface area contributed by atoms with Gasteiger partial charge in [-0.3, -0.25) is 9.59 Å². The molecule has 2 amide bonds. The molecule has 6 heteroatoms. The number of pyridine rings is 1. The number of ether oxygens (including phenoxy) is 1. The van der Waals surface area contributed by atoms with Gasteiger partial charge in [0.2, 0.25) is 5.91 Å². The van der Waals surface area contributed by atoms with E-state index in [0.29, 0.717) is 29.8 Å². The molecule has 4 rings (SSSR count). The first kappa shape index (κ1) is 17.5. The molecule has 2 atom stereocenters. The minimum atomic E-state index is -0.143. The molecule has 0 unspecified atom stereocenters. The Morgan fingerprint density at radius 3 is 2.85 bits per heavy atom. The first-order chi connectivity index (χ1) is 13.1. The third kappa shape index (κ3) is 4.27. The third-order valence-corrected chi connectivity index (χ3v) is 5.19. The van der Waals surface area contributed by atoms with Crippen LogP contribution in [-0.4, -0.2) is 30.5 Å². The standard InChI is InChI=1S/C21H23N3O3/c1-27-17-4-2-3-14(9-17)18-10-16(18)12-23-20(25)15-7-8-22-19(11-15)24-21(26)13-5-6-13/h2-4,7-9,11,13,16,18H,5-6,10,12H2,1H3,(H,23,25)(H,22,24,26)/t16-,18-/m0/s1. The van der Waals surface area contributed by atoms with Gasteiger partial charge in [0, 0.05) is 24.2 Å². The molecule has 0 bridgehead atoms. The van der Waals surface area contributed by atoms with Crippen LogP contribution in [0.3, 0.4) is 0 Å². The summed E-state index contributed by atoms with van der Waals surface area (Å²) in [6.45, 7) is 0.632. The molecule has 27 heavy (non-hydrogen) atoms. The molecular weight excluding hydrogens is 342 g/mol. The van der Waals surface area contributed by atoms with Crippen LogP contribution in [0.5, 0.6) is 5.75 Å². The highest BCUT2D eigenvalue weighted by Crippen LogP contribution is 2.47. The number of carbonyl (C=O) groups excluding carboxylic acids is 2. The smallest absolute Gasteiger partial charge is 0.251 e. The molecule has 1 aromatic carbocycles. The molecule has 2 aliphatic rings. The predicted octanol–water partition coefficient (Wildman–Crippen LogP) is 2.97. The van der Waals surface area contributed by atoms with Crippen molar-refractivity contribution in [3.8, 4) is 5.75 Å². The van der Waals surface area contributed by atoms with Crippen LogP contribution in [0.1, 0.15) is 41.1 Å². The summed E-state index contributed by atoms with van der Waals surface area (Å²) in [7, 11) is 1.67. The summed E-state index contributed by atoms with van der Waals surface area (Å²) < 4.78 is 5.28. The van der Waals surface area contributed by atoms with Crippen molar-refractivity contribution < 1.29 is 14.3 Å². The minimum absolute atomic E-state index is 0.0147. The van der Waals surface area contributed by atoms with Crippen molar-refractivity contribution >= 4 is 17.6 Å². The molecule has 0 aliphatic heterocycles. The van der Waals surface area contributed by atoms with Gasteiger partial charge in [0.25, 0.3) is 5.91 Å². The maximum Gasteiger partial charge on any atom is 0.251 e. The number of benzene rings is 1. The minimum Gasteiger partial charge on any atom is -0.497 e. The average Bonchev–Trinajstić information content (AvgIpc) is 3.60. The van der Waals surface area contributed by atoms with E-state index in [9.17, 15) is 9.59 Å². The highest BCUT2D eigenvalue weighted by molar-refractivity contribution is 5.97. The van der Waals surface area contributed by atoms with Crippen LogP contribution in [0, 0.1) is 11.8 Å². The Morgan fingerprint density at radius 1 is 1.22 bits per heavy atom. The normalized spacial score (nSPS) is 20.6. The first-order valence-corrected chi connectivity index (χ1v) is 9.33. The van der Waals surface area contributed by atoms with Crippen molar-refractivity contribution in [3.63, 3.8) is 0 Å². The monoisotopic (exact) mass is 365 g/mol. The molecule has 2 aromatic rings. The van der Waals surface area contributed by atoms with Crippen molar-refractivity contribution in [3.05, 3.63) is 53.7 Å². The van der Waals surface area contributed by atoms with E-state index in [1.54, 1.807) is 25.4 Å². The van der Waals surface area contributed by atoms with Crippen LogP contribution in [-0.2, 0) is 4.79 Å². The summed E-state index contributed by atoms with van der Waals surface area (Å²) >= 11 is 0. The quantitative estimate of drug-likeness (QED) is 0.790. The Bertz CT molecular complexity index is 863. The van der Waals surface area contributed by atoms with Gasteiger partial charge in [-0.2, -0.15) is 0 Å². The number of aromatic nitrogens is 1. The van der Waals surface area contributed by atoms with Gasteiger partial charge in [0.15, 0.2) is 0 Å². The van der Waals surface area contributed by atoms with Gasteiger partial charge in [-0.15, -0.1) is 0 Å². The van der Waals surface area contributed by atoms with Crippen LogP contribution in [0.2, 0.25) is 0 Å². The number of hydrogen-bond donors (Lipinski definition) is 2. The molecule has 6 nitrogen and oxygen atoms in total. The fraction of sp³-hybridized carbons (Fsp3) is 0.381. The van der Waals surface area contributed by atoms with Gasteiger partial charge in [0.05, 0.1) is 7.11 Å². The Morgan fingerprint density at radius 2 is 2.07 bits per heavy atom. The highest BCUT2D eigenvalue weighted by atomic mass is 16.5. The van der Waals surface area contributed by atoms with Gasteiger partial charge < -0.3 is 15.4 Å². The second kappa shape index (κ2) is 7.39. The number of carbonyl (C=O) groups is 2. The number of hydrogen-bond acceptors (Lipinski definition) is 4. The van der Waals surface area contributed by atoms with E-state index >= 15 is 0 Å². The fourth-order valence-corrected chi connectivity index (χ4v) is 3.29. The molecule has 2 aliphatic carbocycles. The highest BCUT2D eigenvalue weighted by Gasteiger charge is 2.38. The van der Waals surface area contributed by atoms with Crippen molar-refractivity contribution in [1.29, 1.82) is 0 Å². The summed E-state index contributed by atoms with van der Waals surface area (Å²) in [4.78, 5) is 28.4. The van der Waals surface area contributed by atoms with Gasteiger partial charge in [-0.25, -0.2) is 4.98 Å². The fourth-order valence-electron chi connectivity index (χ4n) is 3.29. The van der Waals surface area contributed by atoms with Crippen LogP contribution in [0.4, 0.5) is 5.82 Å². The van der Waals surface area contributed by atoms with Crippen LogP contribution >= 0.6 is 0 Å². The van der Waals surface area contributed by atoms with Crippen LogP contribution in [0.25, 0.3) is 0 Å². The lowest BCUT2D eigenvalue weighted by Crippen LogP contribution is -2.26. The maximum absolute atomic E-state index is 12.4. The zero-order chi connectivity index (χ0) is 18.8. The number of nitrogens with one attached hydrogen (secondary N) is 2. The van der Waals surface area contributed by atoms with Crippen LogP contribution in [0.15, 0.2) is 42.6 Å². The van der Waals surface area contributed by atoms with Crippen molar-refractivity contribution in [1.82, 2.24) is 10.3 Å². The van der Waals surface area contributed by atoms with E-state index in [-0.39, 0.29) is 17.7 Å². The molecule has 2 saturated carbocycles. The summed E-state index contributed by atoms with van der Waals surface area (Å²) in [5.41, 5.74) is 1.76. The van der Waals surface area contributed by atoms with Crippen molar-refractivity contribution in [2.75, 3.05) is 19.0 Å². The SMILES string of the molecule is COc1cccc([C@@H]2C[C@H]2CNC(=O)c2ccnc(NC(=O)C3CC3)c2)c1. The van der Waals surface area contributed by atoms with Crippen molar-refractivity contribution in [2.24, 2.45) is 11.8 Å². The molecular formula is C21H23N3O3. The van der Waals surface area contributed by atoms with Crippen molar-refractivity contribution in [2.45, 2.75) is 25.2 Å². The van der Waals surface area contributed by atoms with Crippen LogP contribution < -0.4 is 15.4 Å². The topological polar surface area (TPSA) is 80.3 Å². The first-order valence-electron chi connectivity index (χ1n) is 9.33. The Hall–Kier alpha value is -2.89. The summed E-state index contributed by atoms with van der Waals surface area (Å²) in [6, 6.07) is 11.4. The van der Waals surface area contributed by atoms with Gasteiger partial charge in [-0.1, -0.05) is 12.1 Å². The Balaban J connectivity index is 1.30. The lowest BCUT2D eigenvalue weighted by Gasteiger charge is -2.08. The molecule has 1 heterocycles. The molecule has 2 N–H and O–H groups in total. The number of nitrogens with zero attached hydrogens (tertiary/aromatic N) is 1. The van der Waals surface area contributed by atoms with E-state index in [1.165, 1.54) is 5.56 Å². The molecule has 0 saturated heterocycles. The molecule has 0 spiro atoms. The summed E-state index contributed by atoms with van der Waals surface area (Å²) in [6.07, 6.45) is 4.48. The average molecular weight is 365 g/mol. The number of anilines is 1. The van der Waals surface area contributed by atoms with E-state index in [4.69, 9.17) is 4.74 Å². The maximum atomic E-state index is 12.4. The Kier molecular flexibility index (Phi) is 4.79. The van der Waals surface area contributed by atoms with Gasteiger partial charge in [0.1, 0.15) is 11.6 Å². The lowest BCUT2D eigenvalue weighted by atomic mass is 10.1. The molecule has 1 aromatic heterocycles. The zero-order valence-corrected chi connectivity index (χ0v) is 15.3. The molecule has 0 radical (unpaired) electrons. The second-order valence-corrected chi connectivity index (χ2v) is 7.28. The second-order valence-electron chi connectivity index (χ2n) is 7.28. The largest absolute Gasteiger partial charge is 0.497 e. The summed E-state index contributed by atoms with van der Waals surface area (Å²) in [5, 5.41) is 5.77. The Labute approximate surface area is 158 Å². The van der Waals surface area contributed by atoms with E-state index < -0.39 is 0 Å². The van der Waals surface area contributed by atoms with E-state index in [0.717, 1.165) is 25.0 Å². The predicted molar refractivity (Wildman–Crippen MR) is 102 cm³/mol. The van der Waals surface area contributed by atoms with E-state index in [1.807, 2.05) is 12.1 Å². The number of methoxy groups -OCH3 is 1. The lowest BCUT2D eigenvalue weighted by molar-refractivity contribution is -0.117. The van der Waals surface area contributed by atoms with Gasteiger partial charge >= 0.3 is 0 Å². The van der Waals surface area contributed by atoms with Gasteiger partial charge in [-0.05, 0) is 60.9 Å². The molecule has 140 valence electrons. The van der Waals surface area contributed by atoms with E-state index in [2.05, 4.69) is 27.8 Å². The number of rotatable bonds is 7. The number of amides is 2.